The quantitative estimate of drug-likeness (QED) is 0.550. The van der Waals surface area contributed by atoms with Gasteiger partial charge in [-0.1, -0.05) is 90.5 Å². The standard InChI is InChI=1S/C22H20N2O2/c1-17-12-14-18(15-13-17)16-23-24-21(25)22(26,19-8-4-2-5-9-19)20-10-6-3-7-11-20/h2-16,26H,1H3,(H,24,25). The van der Waals surface area contributed by atoms with E-state index in [9.17, 15) is 9.90 Å². The fourth-order valence-corrected chi connectivity index (χ4v) is 2.69. The molecule has 0 aliphatic rings. The molecule has 0 aliphatic heterocycles. The van der Waals surface area contributed by atoms with Gasteiger partial charge in [0.2, 0.25) is 0 Å². The second-order valence-electron chi connectivity index (χ2n) is 6.05. The van der Waals surface area contributed by atoms with Gasteiger partial charge in [0.05, 0.1) is 6.21 Å². The van der Waals surface area contributed by atoms with Gasteiger partial charge in [-0.2, -0.15) is 5.10 Å². The van der Waals surface area contributed by atoms with Gasteiger partial charge < -0.3 is 5.11 Å². The number of carbonyl (C=O) groups excluding carboxylic acids is 1. The third kappa shape index (κ3) is 3.71. The molecule has 0 fully saturated rings. The van der Waals surface area contributed by atoms with Gasteiger partial charge in [0.15, 0.2) is 5.60 Å². The minimum absolute atomic E-state index is 0.481. The average Bonchev–Trinajstić information content (AvgIpc) is 2.70. The molecule has 3 aromatic rings. The molecular formula is C22H20N2O2. The van der Waals surface area contributed by atoms with Crippen LogP contribution in [0.5, 0.6) is 0 Å². The number of nitrogens with zero attached hydrogens (tertiary/aromatic N) is 1. The first-order valence-corrected chi connectivity index (χ1v) is 8.34. The lowest BCUT2D eigenvalue weighted by atomic mass is 9.85. The van der Waals surface area contributed by atoms with Crippen molar-refractivity contribution in [2.24, 2.45) is 5.10 Å². The van der Waals surface area contributed by atoms with E-state index in [1.54, 1.807) is 54.7 Å². The van der Waals surface area contributed by atoms with Crippen LogP contribution in [0.4, 0.5) is 0 Å². The number of hydrazone groups is 1. The summed E-state index contributed by atoms with van der Waals surface area (Å²) in [4.78, 5) is 12.8. The first kappa shape index (κ1) is 17.6. The van der Waals surface area contributed by atoms with Crippen molar-refractivity contribution in [2.75, 3.05) is 0 Å². The predicted octanol–water partition coefficient (Wildman–Crippen LogP) is 3.38. The van der Waals surface area contributed by atoms with Crippen LogP contribution in [0.25, 0.3) is 0 Å². The van der Waals surface area contributed by atoms with Gasteiger partial charge in [0, 0.05) is 0 Å². The number of rotatable bonds is 5. The molecule has 4 heteroatoms. The minimum Gasteiger partial charge on any atom is -0.372 e. The Balaban J connectivity index is 1.87. The lowest BCUT2D eigenvalue weighted by Gasteiger charge is -2.27. The van der Waals surface area contributed by atoms with Gasteiger partial charge >= 0.3 is 0 Å². The van der Waals surface area contributed by atoms with E-state index in [2.05, 4.69) is 10.5 Å². The summed E-state index contributed by atoms with van der Waals surface area (Å²) >= 11 is 0. The first-order valence-electron chi connectivity index (χ1n) is 8.34. The van der Waals surface area contributed by atoms with Crippen molar-refractivity contribution in [3.8, 4) is 0 Å². The molecule has 0 saturated carbocycles. The number of hydrogen-bond acceptors (Lipinski definition) is 3. The predicted molar refractivity (Wildman–Crippen MR) is 103 cm³/mol. The smallest absolute Gasteiger partial charge is 0.281 e. The third-order valence-corrected chi connectivity index (χ3v) is 4.17. The summed E-state index contributed by atoms with van der Waals surface area (Å²) in [5, 5.41) is 15.3. The molecule has 26 heavy (non-hydrogen) atoms. The molecule has 3 rings (SSSR count). The highest BCUT2D eigenvalue weighted by Gasteiger charge is 2.39. The minimum atomic E-state index is -1.83. The summed E-state index contributed by atoms with van der Waals surface area (Å²) in [6, 6.07) is 25.4. The van der Waals surface area contributed by atoms with Crippen molar-refractivity contribution in [2.45, 2.75) is 12.5 Å². The Morgan fingerprint density at radius 2 is 1.38 bits per heavy atom. The van der Waals surface area contributed by atoms with E-state index in [0.717, 1.165) is 11.1 Å². The summed E-state index contributed by atoms with van der Waals surface area (Å²) in [6.07, 6.45) is 1.55. The summed E-state index contributed by atoms with van der Waals surface area (Å²) in [6.45, 7) is 2.00. The second kappa shape index (κ2) is 7.76. The zero-order chi connectivity index (χ0) is 18.4. The zero-order valence-electron chi connectivity index (χ0n) is 14.5. The van der Waals surface area contributed by atoms with Crippen LogP contribution in [0.1, 0.15) is 22.3 Å². The summed E-state index contributed by atoms with van der Waals surface area (Å²) in [7, 11) is 0. The maximum absolute atomic E-state index is 12.8. The van der Waals surface area contributed by atoms with Gasteiger partial charge in [-0.25, -0.2) is 5.43 Å². The number of aryl methyl sites for hydroxylation is 1. The van der Waals surface area contributed by atoms with Crippen LogP contribution in [0, 0.1) is 6.92 Å². The van der Waals surface area contributed by atoms with Crippen LogP contribution in [0.3, 0.4) is 0 Å². The molecule has 0 bridgehead atoms. The van der Waals surface area contributed by atoms with Crippen molar-refractivity contribution in [3.05, 3.63) is 107 Å². The normalized spacial score (nSPS) is 11.5. The molecule has 0 unspecified atom stereocenters. The monoisotopic (exact) mass is 344 g/mol. The second-order valence-corrected chi connectivity index (χ2v) is 6.05. The summed E-state index contributed by atoms with van der Waals surface area (Å²) in [5.74, 6) is -0.613. The molecule has 0 aliphatic carbocycles. The highest BCUT2D eigenvalue weighted by molar-refractivity contribution is 5.91. The molecule has 1 amide bonds. The topological polar surface area (TPSA) is 61.7 Å². The van der Waals surface area contributed by atoms with E-state index < -0.39 is 11.5 Å². The van der Waals surface area contributed by atoms with Gasteiger partial charge in [-0.15, -0.1) is 0 Å². The number of carbonyl (C=O) groups is 1. The van der Waals surface area contributed by atoms with Crippen LogP contribution < -0.4 is 5.43 Å². The van der Waals surface area contributed by atoms with Gasteiger partial charge in [0.1, 0.15) is 0 Å². The molecule has 0 heterocycles. The molecule has 2 N–H and O–H groups in total. The Morgan fingerprint density at radius 3 is 1.88 bits per heavy atom. The number of aliphatic hydroxyl groups is 1. The highest BCUT2D eigenvalue weighted by atomic mass is 16.3. The fraction of sp³-hybridized carbons (Fsp3) is 0.0909. The van der Waals surface area contributed by atoms with Gasteiger partial charge in [-0.05, 0) is 23.6 Å². The summed E-state index contributed by atoms with van der Waals surface area (Å²) < 4.78 is 0. The lowest BCUT2D eigenvalue weighted by molar-refractivity contribution is -0.136. The maximum atomic E-state index is 12.8. The fourth-order valence-electron chi connectivity index (χ4n) is 2.69. The van der Waals surface area contributed by atoms with Gasteiger partial charge in [0.25, 0.3) is 5.91 Å². The molecule has 0 aromatic heterocycles. The average molecular weight is 344 g/mol. The lowest BCUT2D eigenvalue weighted by Crippen LogP contribution is -2.43. The zero-order valence-corrected chi connectivity index (χ0v) is 14.5. The highest BCUT2D eigenvalue weighted by Crippen LogP contribution is 2.29. The van der Waals surface area contributed by atoms with Gasteiger partial charge in [-0.3, -0.25) is 4.79 Å². The first-order chi connectivity index (χ1) is 12.6. The van der Waals surface area contributed by atoms with E-state index >= 15 is 0 Å². The van der Waals surface area contributed by atoms with Crippen LogP contribution in [0.15, 0.2) is 90.0 Å². The van der Waals surface area contributed by atoms with E-state index in [1.807, 2.05) is 43.3 Å². The van der Waals surface area contributed by atoms with Crippen LogP contribution in [0.2, 0.25) is 0 Å². The molecule has 130 valence electrons. The Morgan fingerprint density at radius 1 is 0.885 bits per heavy atom. The Labute approximate surface area is 152 Å². The largest absolute Gasteiger partial charge is 0.372 e. The molecule has 0 saturated heterocycles. The number of nitrogens with one attached hydrogen (secondary N) is 1. The Bertz CT molecular complexity index is 849. The third-order valence-electron chi connectivity index (χ3n) is 4.17. The van der Waals surface area contributed by atoms with Crippen molar-refractivity contribution in [1.82, 2.24) is 5.43 Å². The molecule has 0 radical (unpaired) electrons. The van der Waals surface area contributed by atoms with Crippen LogP contribution in [-0.2, 0) is 10.4 Å². The Kier molecular flexibility index (Phi) is 5.25. The van der Waals surface area contributed by atoms with Crippen molar-refractivity contribution in [3.63, 3.8) is 0 Å². The molecule has 3 aromatic carbocycles. The number of benzene rings is 3. The molecule has 4 nitrogen and oxygen atoms in total. The van der Waals surface area contributed by atoms with Crippen LogP contribution in [-0.4, -0.2) is 17.2 Å². The molecule has 0 atom stereocenters. The van der Waals surface area contributed by atoms with E-state index in [0.29, 0.717) is 11.1 Å². The molecular weight excluding hydrogens is 324 g/mol. The van der Waals surface area contributed by atoms with E-state index in [1.165, 1.54) is 0 Å². The van der Waals surface area contributed by atoms with Crippen molar-refractivity contribution >= 4 is 12.1 Å². The summed E-state index contributed by atoms with van der Waals surface area (Å²) in [5.41, 5.74) is 3.61. The van der Waals surface area contributed by atoms with E-state index in [4.69, 9.17) is 0 Å². The van der Waals surface area contributed by atoms with Crippen molar-refractivity contribution < 1.29 is 9.90 Å². The van der Waals surface area contributed by atoms with E-state index in [-0.39, 0.29) is 0 Å². The number of hydrogen-bond donors (Lipinski definition) is 2. The van der Waals surface area contributed by atoms with Crippen molar-refractivity contribution in [1.29, 1.82) is 0 Å². The maximum Gasteiger partial charge on any atom is 0.281 e. The Hall–Kier alpha value is -3.24. The number of amides is 1. The molecule has 0 spiro atoms. The van der Waals surface area contributed by atoms with Crippen LogP contribution >= 0.6 is 0 Å². The SMILES string of the molecule is Cc1ccc(C=NNC(=O)C(O)(c2ccccc2)c2ccccc2)cc1.